The molecule has 0 fully saturated rings. The predicted octanol–water partition coefficient (Wildman–Crippen LogP) is 2.69. The number of rotatable bonds is 6. The fraction of sp³-hybridized carbons (Fsp3) is 0.545. The minimum absolute atomic E-state index is 0.253. The molecule has 0 saturated carbocycles. The Bertz CT molecular complexity index is 267. The van der Waals surface area contributed by atoms with Gasteiger partial charge in [-0.05, 0) is 25.0 Å². The number of carbonyl (C=O) groups is 1. The molecule has 0 aliphatic carbocycles. The number of aromatic nitrogens is 1. The molecule has 78 valence electrons. The van der Waals surface area contributed by atoms with Gasteiger partial charge in [0, 0.05) is 24.9 Å². The van der Waals surface area contributed by atoms with Crippen molar-refractivity contribution >= 4 is 5.97 Å². The maximum atomic E-state index is 10.5. The Morgan fingerprint density at radius 1 is 1.36 bits per heavy atom. The normalized spacial score (nSPS) is 12.6. The zero-order valence-electron chi connectivity index (χ0n) is 8.52. The summed E-state index contributed by atoms with van der Waals surface area (Å²) in [5.41, 5.74) is 0. The zero-order valence-corrected chi connectivity index (χ0v) is 8.52. The first-order valence-corrected chi connectivity index (χ1v) is 5.08. The van der Waals surface area contributed by atoms with Crippen molar-refractivity contribution in [3.05, 3.63) is 24.5 Å². The molecule has 3 nitrogen and oxygen atoms in total. The number of aliphatic carboxylic acids is 1. The molecule has 3 heteroatoms. The third kappa shape index (κ3) is 3.24. The summed E-state index contributed by atoms with van der Waals surface area (Å²) in [7, 11) is 0. The smallest absolute Gasteiger partial charge is 0.303 e. The van der Waals surface area contributed by atoms with Gasteiger partial charge in [-0.1, -0.05) is 13.3 Å². The van der Waals surface area contributed by atoms with Gasteiger partial charge in [0.1, 0.15) is 0 Å². The molecular formula is C11H17NO2. The lowest BCUT2D eigenvalue weighted by molar-refractivity contribution is -0.137. The van der Waals surface area contributed by atoms with E-state index in [1.807, 2.05) is 24.5 Å². The summed E-state index contributed by atoms with van der Waals surface area (Å²) >= 11 is 0. The van der Waals surface area contributed by atoms with E-state index in [0.29, 0.717) is 6.04 Å². The van der Waals surface area contributed by atoms with Crippen LogP contribution >= 0.6 is 0 Å². The Morgan fingerprint density at radius 2 is 2.00 bits per heavy atom. The Hall–Kier alpha value is -1.25. The van der Waals surface area contributed by atoms with Crippen LogP contribution in [0.4, 0.5) is 0 Å². The molecule has 0 bridgehead atoms. The lowest BCUT2D eigenvalue weighted by Gasteiger charge is -2.17. The van der Waals surface area contributed by atoms with Gasteiger partial charge in [-0.2, -0.15) is 0 Å². The second-order valence-corrected chi connectivity index (χ2v) is 3.51. The monoisotopic (exact) mass is 195 g/mol. The average molecular weight is 195 g/mol. The first kappa shape index (κ1) is 10.8. The van der Waals surface area contributed by atoms with Gasteiger partial charge < -0.3 is 9.67 Å². The second-order valence-electron chi connectivity index (χ2n) is 3.51. The molecule has 0 aliphatic heterocycles. The van der Waals surface area contributed by atoms with E-state index >= 15 is 0 Å². The number of hydrogen-bond donors (Lipinski definition) is 1. The summed E-state index contributed by atoms with van der Waals surface area (Å²) in [6.45, 7) is 2.12. The third-order valence-corrected chi connectivity index (χ3v) is 2.36. The summed E-state index contributed by atoms with van der Waals surface area (Å²) in [6.07, 6.45) is 7.11. The van der Waals surface area contributed by atoms with Gasteiger partial charge in [-0.15, -0.1) is 0 Å². The van der Waals surface area contributed by atoms with Gasteiger partial charge in [0.2, 0.25) is 0 Å². The molecule has 1 aromatic rings. The Labute approximate surface area is 84.4 Å². The molecule has 0 aromatic carbocycles. The highest BCUT2D eigenvalue weighted by Crippen LogP contribution is 2.19. The molecular weight excluding hydrogens is 178 g/mol. The van der Waals surface area contributed by atoms with Gasteiger partial charge in [-0.25, -0.2) is 0 Å². The van der Waals surface area contributed by atoms with Crippen LogP contribution in [0.3, 0.4) is 0 Å². The van der Waals surface area contributed by atoms with Crippen LogP contribution in [0.25, 0.3) is 0 Å². The molecule has 1 heterocycles. The van der Waals surface area contributed by atoms with Crippen molar-refractivity contribution in [1.29, 1.82) is 0 Å². The van der Waals surface area contributed by atoms with Crippen LogP contribution in [0.1, 0.15) is 38.6 Å². The van der Waals surface area contributed by atoms with E-state index in [1.54, 1.807) is 0 Å². The van der Waals surface area contributed by atoms with Crippen LogP contribution in [0.15, 0.2) is 24.5 Å². The average Bonchev–Trinajstić information content (AvgIpc) is 2.64. The van der Waals surface area contributed by atoms with Crippen LogP contribution in [0.5, 0.6) is 0 Å². The van der Waals surface area contributed by atoms with Gasteiger partial charge in [0.15, 0.2) is 0 Å². The van der Waals surface area contributed by atoms with Crippen LogP contribution in [0, 0.1) is 0 Å². The number of carboxylic acid groups (broad SMARTS) is 1. The Balaban J connectivity index is 2.51. The van der Waals surface area contributed by atoms with Crippen LogP contribution in [-0.4, -0.2) is 15.6 Å². The summed E-state index contributed by atoms with van der Waals surface area (Å²) in [5.74, 6) is -0.710. The highest BCUT2D eigenvalue weighted by molar-refractivity contribution is 5.66. The summed E-state index contributed by atoms with van der Waals surface area (Å²) in [5, 5.41) is 8.62. The van der Waals surface area contributed by atoms with Crippen molar-refractivity contribution in [1.82, 2.24) is 4.57 Å². The molecule has 0 spiro atoms. The lowest BCUT2D eigenvalue weighted by atomic mass is 10.1. The molecule has 1 atom stereocenters. The summed E-state index contributed by atoms with van der Waals surface area (Å²) < 4.78 is 2.10. The van der Waals surface area contributed by atoms with Crippen LogP contribution < -0.4 is 0 Å². The van der Waals surface area contributed by atoms with Crippen LogP contribution in [0.2, 0.25) is 0 Å². The molecule has 1 N–H and O–H groups in total. The minimum atomic E-state index is -0.710. The van der Waals surface area contributed by atoms with E-state index in [1.165, 1.54) is 0 Å². The van der Waals surface area contributed by atoms with E-state index in [0.717, 1.165) is 19.3 Å². The molecule has 0 saturated heterocycles. The van der Waals surface area contributed by atoms with E-state index in [4.69, 9.17) is 5.11 Å². The van der Waals surface area contributed by atoms with Gasteiger partial charge in [-0.3, -0.25) is 4.79 Å². The highest BCUT2D eigenvalue weighted by atomic mass is 16.4. The quantitative estimate of drug-likeness (QED) is 0.758. The van der Waals surface area contributed by atoms with Gasteiger partial charge >= 0.3 is 5.97 Å². The summed E-state index contributed by atoms with van der Waals surface area (Å²) in [6, 6.07) is 4.29. The zero-order chi connectivity index (χ0) is 10.4. The van der Waals surface area contributed by atoms with E-state index in [-0.39, 0.29) is 6.42 Å². The van der Waals surface area contributed by atoms with E-state index < -0.39 is 5.97 Å². The van der Waals surface area contributed by atoms with Crippen molar-refractivity contribution in [2.45, 2.75) is 38.6 Å². The van der Waals surface area contributed by atoms with Crippen molar-refractivity contribution < 1.29 is 9.90 Å². The van der Waals surface area contributed by atoms with Crippen molar-refractivity contribution in [3.63, 3.8) is 0 Å². The molecule has 0 amide bonds. The number of nitrogens with zero attached hydrogens (tertiary/aromatic N) is 1. The highest BCUT2D eigenvalue weighted by Gasteiger charge is 2.10. The molecule has 1 aromatic heterocycles. The molecule has 1 rings (SSSR count). The number of hydrogen-bond acceptors (Lipinski definition) is 1. The SMILES string of the molecule is CCCC(CCC(=O)O)n1cccc1. The van der Waals surface area contributed by atoms with Gasteiger partial charge in [0.25, 0.3) is 0 Å². The molecule has 14 heavy (non-hydrogen) atoms. The second kappa shape index (κ2) is 5.47. The van der Waals surface area contributed by atoms with E-state index in [9.17, 15) is 4.79 Å². The maximum Gasteiger partial charge on any atom is 0.303 e. The first-order valence-electron chi connectivity index (χ1n) is 5.08. The standard InChI is InChI=1S/C11H17NO2/c1-2-5-10(6-7-11(13)14)12-8-3-4-9-12/h3-4,8-10H,2,5-7H2,1H3,(H,13,14). The van der Waals surface area contributed by atoms with Crippen LogP contribution in [-0.2, 0) is 4.79 Å². The topological polar surface area (TPSA) is 42.2 Å². The molecule has 0 radical (unpaired) electrons. The predicted molar refractivity (Wildman–Crippen MR) is 55.2 cm³/mol. The number of carboxylic acids is 1. The lowest BCUT2D eigenvalue weighted by Crippen LogP contribution is -2.09. The van der Waals surface area contributed by atoms with E-state index in [2.05, 4.69) is 11.5 Å². The maximum absolute atomic E-state index is 10.5. The van der Waals surface area contributed by atoms with Gasteiger partial charge in [0.05, 0.1) is 0 Å². The first-order chi connectivity index (χ1) is 6.74. The van der Waals surface area contributed by atoms with Crippen molar-refractivity contribution in [3.8, 4) is 0 Å². The third-order valence-electron chi connectivity index (χ3n) is 2.36. The fourth-order valence-corrected chi connectivity index (χ4v) is 1.66. The molecule has 1 unspecified atom stereocenters. The van der Waals surface area contributed by atoms with Crippen molar-refractivity contribution in [2.75, 3.05) is 0 Å². The summed E-state index contributed by atoms with van der Waals surface area (Å²) in [4.78, 5) is 10.5. The fourth-order valence-electron chi connectivity index (χ4n) is 1.66. The molecule has 0 aliphatic rings. The largest absolute Gasteiger partial charge is 0.481 e. The Kier molecular flexibility index (Phi) is 4.23. The Morgan fingerprint density at radius 3 is 2.50 bits per heavy atom. The minimum Gasteiger partial charge on any atom is -0.481 e. The van der Waals surface area contributed by atoms with Crippen molar-refractivity contribution in [2.24, 2.45) is 0 Å².